The van der Waals surface area contributed by atoms with Crippen LogP contribution in [0.2, 0.25) is 0 Å². The number of hydrogen-bond acceptors (Lipinski definition) is 9. The molecule has 0 radical (unpaired) electrons. The average molecular weight is 711 g/mol. The smallest absolute Gasteiger partial charge is 0.335 e. The number of unbranched alkanes of at least 4 members (excludes halogenated alkanes) is 1. The van der Waals surface area contributed by atoms with Gasteiger partial charge >= 0.3 is 11.7 Å². The van der Waals surface area contributed by atoms with Crippen molar-refractivity contribution in [3.63, 3.8) is 0 Å². The van der Waals surface area contributed by atoms with Crippen LogP contribution in [0.5, 0.6) is 17.4 Å². The van der Waals surface area contributed by atoms with Crippen molar-refractivity contribution in [3.8, 4) is 17.4 Å². The number of piperidine rings is 1. The number of pyridine rings is 1. The first-order chi connectivity index (χ1) is 25.1. The summed E-state index contributed by atoms with van der Waals surface area (Å²) in [5, 5.41) is 29.5. The van der Waals surface area contributed by atoms with E-state index >= 15 is 0 Å². The molecule has 274 valence electrons. The highest BCUT2D eigenvalue weighted by molar-refractivity contribution is 5.94. The second-order valence-electron chi connectivity index (χ2n) is 12.9. The number of hydrogen-bond donors (Lipinski definition) is 6. The zero-order valence-electron chi connectivity index (χ0n) is 29.3. The lowest BCUT2D eigenvalue weighted by Crippen LogP contribution is -2.34. The highest BCUT2D eigenvalue weighted by atomic mass is 16.5. The van der Waals surface area contributed by atoms with Gasteiger partial charge in [-0.2, -0.15) is 4.98 Å². The van der Waals surface area contributed by atoms with E-state index in [4.69, 9.17) is 20.7 Å². The van der Waals surface area contributed by atoms with Crippen molar-refractivity contribution in [2.24, 2.45) is 5.92 Å². The Hall–Kier alpha value is -5.82. The van der Waals surface area contributed by atoms with Gasteiger partial charge in [-0.05, 0) is 104 Å². The van der Waals surface area contributed by atoms with Crippen molar-refractivity contribution in [2.75, 3.05) is 32.0 Å². The minimum atomic E-state index is -0.986. The minimum absolute atomic E-state index is 0.0741. The van der Waals surface area contributed by atoms with Crippen molar-refractivity contribution in [2.45, 2.75) is 52.1 Å². The van der Waals surface area contributed by atoms with Crippen LogP contribution in [-0.4, -0.2) is 72.9 Å². The topological polar surface area (TPSA) is 196 Å². The molecule has 1 fully saturated rings. The molecule has 1 aliphatic heterocycles. The van der Waals surface area contributed by atoms with E-state index in [2.05, 4.69) is 51.4 Å². The predicted octanol–water partition coefficient (Wildman–Crippen LogP) is 5.36. The van der Waals surface area contributed by atoms with E-state index in [1.807, 2.05) is 0 Å². The fraction of sp³-hybridized carbons (Fsp3) is 0.333. The third kappa shape index (κ3) is 10.4. The number of nitrogens with two attached hydrogens (primary N) is 1. The SMILES string of the molecule is CCCCOc1cc2c([nH]c(=O)n2Cc2ccc(CN3CCC(CCNC(=O)c4ccc(O)cc4)CC3)cc2)c(N)n1.O=C(O)c1ccc(O)cc1. The van der Waals surface area contributed by atoms with Crippen LogP contribution in [0.4, 0.5) is 5.82 Å². The van der Waals surface area contributed by atoms with Gasteiger partial charge in [-0.25, -0.2) is 9.59 Å². The number of likely N-dealkylation sites (tertiary alicyclic amines) is 1. The van der Waals surface area contributed by atoms with Crippen molar-refractivity contribution in [1.29, 1.82) is 0 Å². The Morgan fingerprint density at radius 3 is 2.12 bits per heavy atom. The standard InChI is InChI=1S/C32H40N6O4.C7H6O3/c1-2-3-18-42-28-19-27-29(30(33)35-28)36-32(41)38(27)21-24-6-4-23(5-7-24)20-37-16-13-22(14-17-37)12-15-34-31(40)25-8-10-26(39)11-9-25;8-6-3-1-5(2-4-6)7(9)10/h4-11,19,22,39H,2-3,12-18,20-21H2,1H3,(H2,33,35)(H,34,40)(H,36,41);1-4,8H,(H,9,10). The molecule has 3 aromatic carbocycles. The highest BCUT2D eigenvalue weighted by Crippen LogP contribution is 2.24. The van der Waals surface area contributed by atoms with Crippen molar-refractivity contribution in [3.05, 3.63) is 112 Å². The third-order valence-electron chi connectivity index (χ3n) is 9.08. The molecule has 0 aliphatic carbocycles. The van der Waals surface area contributed by atoms with Gasteiger partial charge in [-0.1, -0.05) is 37.6 Å². The van der Waals surface area contributed by atoms with Crippen LogP contribution in [0.1, 0.15) is 70.9 Å². The van der Waals surface area contributed by atoms with E-state index in [0.717, 1.165) is 57.3 Å². The number of benzene rings is 3. The first-order valence-electron chi connectivity index (χ1n) is 17.5. The number of imidazole rings is 1. The molecule has 13 nitrogen and oxygen atoms in total. The summed E-state index contributed by atoms with van der Waals surface area (Å²) in [6.07, 6.45) is 5.13. The van der Waals surface area contributed by atoms with Gasteiger partial charge in [0.15, 0.2) is 5.82 Å². The first kappa shape index (κ1) is 37.4. The van der Waals surface area contributed by atoms with Crippen LogP contribution in [0.3, 0.4) is 0 Å². The maximum Gasteiger partial charge on any atom is 0.335 e. The second kappa shape index (κ2) is 17.9. The molecule has 5 aromatic rings. The Bertz CT molecular complexity index is 1980. The molecule has 0 unspecified atom stereocenters. The van der Waals surface area contributed by atoms with E-state index in [-0.39, 0.29) is 34.5 Å². The number of nitrogens with one attached hydrogen (secondary N) is 2. The number of nitrogen functional groups attached to an aromatic ring is 1. The zero-order chi connectivity index (χ0) is 37.0. The maximum absolute atomic E-state index is 12.7. The fourth-order valence-electron chi connectivity index (χ4n) is 6.04. The fourth-order valence-corrected chi connectivity index (χ4v) is 6.04. The Morgan fingerprint density at radius 2 is 1.52 bits per heavy atom. The predicted molar refractivity (Wildman–Crippen MR) is 199 cm³/mol. The summed E-state index contributed by atoms with van der Waals surface area (Å²) in [5.41, 5.74) is 10.1. The number of aromatic nitrogens is 3. The van der Waals surface area contributed by atoms with Gasteiger partial charge in [0.25, 0.3) is 5.91 Å². The quantitative estimate of drug-likeness (QED) is 0.0866. The number of amides is 1. The number of nitrogens with zero attached hydrogens (tertiary/aromatic N) is 3. The molecule has 0 bridgehead atoms. The number of aromatic hydroxyl groups is 2. The molecule has 0 atom stereocenters. The molecule has 1 saturated heterocycles. The normalized spacial score (nSPS) is 13.3. The summed E-state index contributed by atoms with van der Waals surface area (Å²) >= 11 is 0. The van der Waals surface area contributed by atoms with E-state index in [1.54, 1.807) is 22.8 Å². The van der Waals surface area contributed by atoms with Crippen molar-refractivity contribution in [1.82, 2.24) is 24.8 Å². The second-order valence-corrected chi connectivity index (χ2v) is 12.9. The maximum atomic E-state index is 12.7. The van der Waals surface area contributed by atoms with Gasteiger partial charge in [0.1, 0.15) is 17.0 Å². The molecule has 52 heavy (non-hydrogen) atoms. The number of carboxylic acid groups (broad SMARTS) is 1. The van der Waals surface area contributed by atoms with Crippen LogP contribution in [0.15, 0.2) is 83.7 Å². The van der Waals surface area contributed by atoms with Crippen molar-refractivity contribution >= 4 is 28.7 Å². The molecule has 2 aromatic heterocycles. The molecule has 3 heterocycles. The summed E-state index contributed by atoms with van der Waals surface area (Å²) in [6, 6.07) is 21.9. The summed E-state index contributed by atoms with van der Waals surface area (Å²) in [7, 11) is 0. The zero-order valence-corrected chi connectivity index (χ0v) is 29.3. The minimum Gasteiger partial charge on any atom is -0.508 e. The summed E-state index contributed by atoms with van der Waals surface area (Å²) in [5.74, 6) is 0.424. The Labute approximate surface area is 301 Å². The number of rotatable bonds is 13. The van der Waals surface area contributed by atoms with Gasteiger partial charge in [0, 0.05) is 24.7 Å². The number of fused-ring (bicyclic) bond motifs is 1. The number of H-pyrrole nitrogens is 1. The number of carboxylic acids is 1. The number of carbonyl (C=O) groups excluding carboxylic acids is 1. The lowest BCUT2D eigenvalue weighted by atomic mass is 9.93. The van der Waals surface area contributed by atoms with Gasteiger partial charge < -0.3 is 36.1 Å². The van der Waals surface area contributed by atoms with Crippen molar-refractivity contribution < 1.29 is 29.6 Å². The van der Waals surface area contributed by atoms with Gasteiger partial charge in [0.2, 0.25) is 5.88 Å². The van der Waals surface area contributed by atoms with E-state index in [9.17, 15) is 19.5 Å². The molecule has 1 amide bonds. The van der Waals surface area contributed by atoms with Gasteiger partial charge in [-0.15, -0.1) is 0 Å². The summed E-state index contributed by atoms with van der Waals surface area (Å²) < 4.78 is 7.42. The third-order valence-corrected chi connectivity index (χ3v) is 9.08. The summed E-state index contributed by atoms with van der Waals surface area (Å²) in [4.78, 5) is 44.8. The molecule has 7 N–H and O–H groups in total. The lowest BCUT2D eigenvalue weighted by Gasteiger charge is -2.32. The number of aromatic amines is 1. The number of phenolic OH excluding ortho intramolecular Hbond substituents is 2. The van der Waals surface area contributed by atoms with E-state index < -0.39 is 5.97 Å². The first-order valence-corrected chi connectivity index (χ1v) is 17.5. The monoisotopic (exact) mass is 710 g/mol. The molecular formula is C39H46N6O7. The number of ether oxygens (including phenoxy) is 1. The Balaban J connectivity index is 0.000000452. The van der Waals surface area contributed by atoms with Crippen LogP contribution < -0.4 is 21.5 Å². The van der Waals surface area contributed by atoms with E-state index in [0.29, 0.717) is 48.1 Å². The van der Waals surface area contributed by atoms with Gasteiger partial charge in [-0.3, -0.25) is 14.3 Å². The molecule has 0 spiro atoms. The van der Waals surface area contributed by atoms with Crippen LogP contribution >= 0.6 is 0 Å². The molecule has 1 aliphatic rings. The number of carbonyl (C=O) groups is 2. The number of anilines is 1. The Morgan fingerprint density at radius 1 is 0.923 bits per heavy atom. The van der Waals surface area contributed by atoms with Crippen LogP contribution in [0, 0.1) is 5.92 Å². The Kier molecular flexibility index (Phi) is 12.9. The molecular weight excluding hydrogens is 664 g/mol. The molecule has 6 rings (SSSR count). The van der Waals surface area contributed by atoms with Gasteiger partial charge in [0.05, 0.1) is 24.2 Å². The molecule has 0 saturated carbocycles. The highest BCUT2D eigenvalue weighted by Gasteiger charge is 2.20. The largest absolute Gasteiger partial charge is 0.508 e. The van der Waals surface area contributed by atoms with Crippen LogP contribution in [-0.2, 0) is 13.1 Å². The van der Waals surface area contributed by atoms with E-state index in [1.165, 1.54) is 42.0 Å². The number of phenols is 2. The molecule has 13 heteroatoms. The lowest BCUT2D eigenvalue weighted by molar-refractivity contribution is 0.0696. The average Bonchev–Trinajstić information content (AvgIpc) is 3.45. The van der Waals surface area contributed by atoms with Crippen LogP contribution in [0.25, 0.3) is 11.0 Å². The number of aromatic carboxylic acids is 1. The summed E-state index contributed by atoms with van der Waals surface area (Å²) in [6.45, 7) is 6.68.